The van der Waals surface area contributed by atoms with Gasteiger partial charge in [0.2, 0.25) is 0 Å². The Morgan fingerprint density at radius 2 is 2.33 bits per heavy atom. The lowest BCUT2D eigenvalue weighted by atomic mass is 10.1. The molecule has 1 atom stereocenters. The normalized spacial score (nSPS) is 21.2. The van der Waals surface area contributed by atoms with Gasteiger partial charge in [0, 0.05) is 23.6 Å². The third kappa shape index (κ3) is 4.74. The van der Waals surface area contributed by atoms with Gasteiger partial charge in [-0.25, -0.2) is 0 Å². The van der Waals surface area contributed by atoms with Crippen molar-refractivity contribution in [2.75, 3.05) is 19.7 Å². The first-order valence-electron chi connectivity index (χ1n) is 6.76. The average molecular weight is 359 g/mol. The molecule has 1 aliphatic heterocycles. The van der Waals surface area contributed by atoms with Crippen LogP contribution in [0.5, 0.6) is 0 Å². The summed E-state index contributed by atoms with van der Waals surface area (Å²) in [5.41, 5.74) is 0.411. The van der Waals surface area contributed by atoms with E-state index in [1.807, 2.05) is 13.8 Å². The maximum absolute atomic E-state index is 11.0. The molecular weight excluding hydrogens is 340 g/mol. The number of morpholine rings is 1. The number of nitrogens with zero attached hydrogens (tertiary/aromatic N) is 1. The Kier molecular flexibility index (Phi) is 5.32. The van der Waals surface area contributed by atoms with E-state index >= 15 is 0 Å². The molecule has 0 amide bonds. The quantitative estimate of drug-likeness (QED) is 0.646. The van der Waals surface area contributed by atoms with Gasteiger partial charge in [0.15, 0.2) is 0 Å². The molecule has 0 spiro atoms. The molecule has 21 heavy (non-hydrogen) atoms. The highest BCUT2D eigenvalue weighted by Gasteiger charge is 2.28. The lowest BCUT2D eigenvalue weighted by Gasteiger charge is -2.36. The van der Waals surface area contributed by atoms with Gasteiger partial charge in [0.1, 0.15) is 0 Å². The van der Waals surface area contributed by atoms with Crippen molar-refractivity contribution in [3.63, 3.8) is 0 Å². The highest BCUT2D eigenvalue weighted by molar-refractivity contribution is 9.10. The maximum atomic E-state index is 11.0. The predicted octanol–water partition coefficient (Wildman–Crippen LogP) is 2.64. The van der Waals surface area contributed by atoms with Gasteiger partial charge < -0.3 is 14.8 Å². The third-order valence-corrected chi connectivity index (χ3v) is 3.71. The van der Waals surface area contributed by atoms with Gasteiger partial charge >= 0.3 is 0 Å². The Labute approximate surface area is 132 Å². The zero-order valence-electron chi connectivity index (χ0n) is 12.1. The molecule has 1 aromatic carbocycles. The maximum Gasteiger partial charge on any atom is 0.276 e. The monoisotopic (exact) mass is 358 g/mol. The zero-order valence-corrected chi connectivity index (χ0v) is 13.7. The second kappa shape index (κ2) is 6.83. The molecule has 0 saturated carbocycles. The predicted molar refractivity (Wildman–Crippen MR) is 82.3 cm³/mol. The number of ether oxygens (including phenoxy) is 2. The first-order chi connectivity index (χ1) is 9.87. The first-order valence-corrected chi connectivity index (χ1v) is 7.56. The molecule has 1 aromatic rings. The van der Waals surface area contributed by atoms with Gasteiger partial charge in [0.05, 0.1) is 35.4 Å². The van der Waals surface area contributed by atoms with Crippen molar-refractivity contribution in [3.05, 3.63) is 38.3 Å². The molecule has 2 rings (SSSR count). The minimum absolute atomic E-state index is 0.0387. The van der Waals surface area contributed by atoms with E-state index < -0.39 is 4.92 Å². The van der Waals surface area contributed by atoms with Gasteiger partial charge in [-0.15, -0.1) is 0 Å². The van der Waals surface area contributed by atoms with Crippen molar-refractivity contribution < 1.29 is 14.4 Å². The largest absolute Gasteiger partial charge is 0.374 e. The summed E-state index contributed by atoms with van der Waals surface area (Å²) >= 11 is 3.23. The molecule has 7 heteroatoms. The van der Waals surface area contributed by atoms with Crippen LogP contribution >= 0.6 is 15.9 Å². The SMILES string of the molecule is CC1(C)CNCC(COCc2ccc(Br)cc2[N+](=O)[O-])O1. The Balaban J connectivity index is 1.90. The number of nitro groups is 1. The minimum Gasteiger partial charge on any atom is -0.374 e. The van der Waals surface area contributed by atoms with Crippen molar-refractivity contribution in [1.29, 1.82) is 0 Å². The summed E-state index contributed by atoms with van der Waals surface area (Å²) < 4.78 is 12.2. The van der Waals surface area contributed by atoms with Crippen LogP contribution in [0.15, 0.2) is 22.7 Å². The van der Waals surface area contributed by atoms with Gasteiger partial charge in [-0.05, 0) is 26.0 Å². The molecular formula is C14H19BrN2O4. The summed E-state index contributed by atoms with van der Waals surface area (Å²) in [4.78, 5) is 10.6. The summed E-state index contributed by atoms with van der Waals surface area (Å²) in [5.74, 6) is 0. The second-order valence-corrected chi connectivity index (χ2v) is 6.59. The number of benzene rings is 1. The van der Waals surface area contributed by atoms with E-state index in [9.17, 15) is 10.1 Å². The van der Waals surface area contributed by atoms with E-state index in [0.717, 1.165) is 13.1 Å². The van der Waals surface area contributed by atoms with Crippen LogP contribution in [0.25, 0.3) is 0 Å². The van der Waals surface area contributed by atoms with Crippen LogP contribution in [0.2, 0.25) is 0 Å². The number of nitro benzene ring substituents is 1. The lowest BCUT2D eigenvalue weighted by molar-refractivity contribution is -0.386. The summed E-state index contributed by atoms with van der Waals surface area (Å²) in [5, 5.41) is 14.3. The van der Waals surface area contributed by atoms with E-state index in [2.05, 4.69) is 21.2 Å². The molecule has 116 valence electrons. The van der Waals surface area contributed by atoms with Crippen LogP contribution in [0.3, 0.4) is 0 Å². The molecule has 1 heterocycles. The van der Waals surface area contributed by atoms with Crippen molar-refractivity contribution in [2.24, 2.45) is 0 Å². The molecule has 0 aromatic heterocycles. The Morgan fingerprint density at radius 1 is 1.57 bits per heavy atom. The summed E-state index contributed by atoms with van der Waals surface area (Å²) in [6.45, 7) is 6.18. The van der Waals surface area contributed by atoms with Crippen LogP contribution in [-0.2, 0) is 16.1 Å². The number of hydrogen-bond acceptors (Lipinski definition) is 5. The van der Waals surface area contributed by atoms with Gasteiger partial charge in [-0.1, -0.05) is 15.9 Å². The van der Waals surface area contributed by atoms with Crippen molar-refractivity contribution in [3.8, 4) is 0 Å². The summed E-state index contributed by atoms with van der Waals surface area (Å²) in [7, 11) is 0. The summed E-state index contributed by atoms with van der Waals surface area (Å²) in [6.07, 6.45) is -0.0387. The summed E-state index contributed by atoms with van der Waals surface area (Å²) in [6, 6.07) is 4.96. The lowest BCUT2D eigenvalue weighted by Crippen LogP contribution is -2.51. The fourth-order valence-electron chi connectivity index (χ4n) is 2.29. The van der Waals surface area contributed by atoms with Gasteiger partial charge in [-0.3, -0.25) is 10.1 Å². The van der Waals surface area contributed by atoms with E-state index in [0.29, 0.717) is 16.6 Å². The van der Waals surface area contributed by atoms with E-state index in [4.69, 9.17) is 9.47 Å². The molecule has 0 radical (unpaired) electrons. The number of hydrogen-bond donors (Lipinski definition) is 1. The zero-order chi connectivity index (χ0) is 15.5. The fraction of sp³-hybridized carbons (Fsp3) is 0.571. The Hall–Kier alpha value is -1.02. The topological polar surface area (TPSA) is 73.6 Å². The molecule has 1 unspecified atom stereocenters. The Bertz CT molecular complexity index is 522. The first kappa shape index (κ1) is 16.4. The molecule has 1 N–H and O–H groups in total. The smallest absolute Gasteiger partial charge is 0.276 e. The van der Waals surface area contributed by atoms with Crippen LogP contribution in [-0.4, -0.2) is 36.3 Å². The van der Waals surface area contributed by atoms with Crippen LogP contribution in [0.4, 0.5) is 5.69 Å². The highest BCUT2D eigenvalue weighted by Crippen LogP contribution is 2.24. The fourth-order valence-corrected chi connectivity index (χ4v) is 2.64. The number of rotatable bonds is 5. The van der Waals surface area contributed by atoms with Crippen LogP contribution in [0, 0.1) is 10.1 Å². The second-order valence-electron chi connectivity index (χ2n) is 5.68. The van der Waals surface area contributed by atoms with Crippen molar-refractivity contribution >= 4 is 21.6 Å². The molecule has 6 nitrogen and oxygen atoms in total. The molecule has 0 bridgehead atoms. The van der Waals surface area contributed by atoms with E-state index in [1.165, 1.54) is 6.07 Å². The van der Waals surface area contributed by atoms with Gasteiger partial charge in [0.25, 0.3) is 5.69 Å². The standard InChI is InChI=1S/C14H19BrN2O4/c1-14(2)9-16-6-12(21-14)8-20-7-10-3-4-11(15)5-13(10)17(18)19/h3-5,12,16H,6-9H2,1-2H3. The minimum atomic E-state index is -0.398. The molecule has 1 saturated heterocycles. The molecule has 1 fully saturated rings. The van der Waals surface area contributed by atoms with Crippen LogP contribution < -0.4 is 5.32 Å². The average Bonchev–Trinajstić information content (AvgIpc) is 2.39. The molecule has 0 aliphatic carbocycles. The van der Waals surface area contributed by atoms with Gasteiger partial charge in [-0.2, -0.15) is 0 Å². The van der Waals surface area contributed by atoms with E-state index in [1.54, 1.807) is 12.1 Å². The van der Waals surface area contributed by atoms with Crippen molar-refractivity contribution in [2.45, 2.75) is 32.2 Å². The molecule has 1 aliphatic rings. The highest BCUT2D eigenvalue weighted by atomic mass is 79.9. The van der Waals surface area contributed by atoms with Crippen molar-refractivity contribution in [1.82, 2.24) is 5.32 Å². The third-order valence-electron chi connectivity index (χ3n) is 3.21. The Morgan fingerprint density at radius 3 is 3.00 bits per heavy atom. The van der Waals surface area contributed by atoms with E-state index in [-0.39, 0.29) is 24.0 Å². The number of nitrogens with one attached hydrogen (secondary N) is 1. The van der Waals surface area contributed by atoms with Crippen LogP contribution in [0.1, 0.15) is 19.4 Å². The number of halogens is 1.